The summed E-state index contributed by atoms with van der Waals surface area (Å²) in [6.07, 6.45) is 12.6. The lowest BCUT2D eigenvalue weighted by molar-refractivity contribution is -0.360. The molecule has 0 aromatic rings. The minimum absolute atomic E-state index is 0.00780. The summed E-state index contributed by atoms with van der Waals surface area (Å²) >= 11 is 0. The molecule has 3 fully saturated rings. The summed E-state index contributed by atoms with van der Waals surface area (Å²) < 4.78 is 64.9. The van der Waals surface area contributed by atoms with Gasteiger partial charge in [0.25, 0.3) is 0 Å². The van der Waals surface area contributed by atoms with Gasteiger partial charge in [-0.2, -0.15) is 0 Å². The molecular formula is C71H129O24P. The quantitative estimate of drug-likeness (QED) is 0.00886. The lowest BCUT2D eigenvalue weighted by Gasteiger charge is -2.49. The second kappa shape index (κ2) is 53.3. The van der Waals surface area contributed by atoms with Gasteiger partial charge in [-0.1, -0.05) is 212 Å². The van der Waals surface area contributed by atoms with Gasteiger partial charge in [0.2, 0.25) is 0 Å². The first-order chi connectivity index (χ1) is 46.3. The minimum atomic E-state index is -5.70. The van der Waals surface area contributed by atoms with Crippen LogP contribution in [-0.4, -0.2) is 204 Å². The van der Waals surface area contributed by atoms with Crippen molar-refractivity contribution in [2.45, 2.75) is 382 Å². The summed E-state index contributed by atoms with van der Waals surface area (Å²) in [5.74, 6) is -2.02. The number of hydrogen-bond donors (Lipinski definition) is 11. The van der Waals surface area contributed by atoms with Crippen LogP contribution in [0.15, 0.2) is 24.3 Å². The third-order valence-electron chi connectivity index (χ3n) is 18.2. The molecule has 2 aliphatic heterocycles. The van der Waals surface area contributed by atoms with E-state index in [2.05, 4.69) is 45.1 Å². The van der Waals surface area contributed by atoms with Crippen LogP contribution < -0.4 is 0 Å². The topological polar surface area (TPSA) is 374 Å². The third kappa shape index (κ3) is 36.4. The van der Waals surface area contributed by atoms with Crippen molar-refractivity contribution in [2.24, 2.45) is 0 Å². The average Bonchev–Trinajstić information content (AvgIpc) is 0.778. The first-order valence-electron chi connectivity index (χ1n) is 37.1. The van der Waals surface area contributed by atoms with Crippen molar-refractivity contribution in [3.8, 4) is 0 Å². The van der Waals surface area contributed by atoms with Crippen LogP contribution in [0, 0.1) is 0 Å². The fourth-order valence-electron chi connectivity index (χ4n) is 12.1. The second-order valence-electron chi connectivity index (χ2n) is 26.7. The Morgan fingerprint density at radius 3 is 1.14 bits per heavy atom. The van der Waals surface area contributed by atoms with Gasteiger partial charge in [0, 0.05) is 19.3 Å². The molecule has 11 N–H and O–H groups in total. The highest BCUT2D eigenvalue weighted by atomic mass is 31.2. The van der Waals surface area contributed by atoms with Gasteiger partial charge in [-0.25, -0.2) is 4.57 Å². The molecule has 0 spiro atoms. The van der Waals surface area contributed by atoms with Crippen LogP contribution in [0.25, 0.3) is 0 Å². The fraction of sp³-hybridized carbons (Fsp3) is 0.901. The van der Waals surface area contributed by atoms with Gasteiger partial charge in [-0.3, -0.25) is 23.4 Å². The number of esters is 3. The van der Waals surface area contributed by atoms with Gasteiger partial charge >= 0.3 is 25.7 Å². The van der Waals surface area contributed by atoms with Crippen LogP contribution in [-0.2, 0) is 61.2 Å². The number of ether oxygens (including phenoxy) is 7. The number of phosphoric acid groups is 1. The van der Waals surface area contributed by atoms with E-state index in [-0.39, 0.29) is 19.3 Å². The van der Waals surface area contributed by atoms with Crippen molar-refractivity contribution in [1.29, 1.82) is 0 Å². The van der Waals surface area contributed by atoms with Crippen LogP contribution in [0.4, 0.5) is 0 Å². The van der Waals surface area contributed by atoms with Crippen LogP contribution in [0.3, 0.4) is 0 Å². The van der Waals surface area contributed by atoms with E-state index in [4.69, 9.17) is 42.2 Å². The van der Waals surface area contributed by atoms with Crippen molar-refractivity contribution in [3.63, 3.8) is 0 Å². The number of rotatable bonds is 57. The second-order valence-corrected chi connectivity index (χ2v) is 28.1. The van der Waals surface area contributed by atoms with Crippen LogP contribution >= 0.6 is 7.82 Å². The molecule has 1 aliphatic carbocycles. The predicted molar refractivity (Wildman–Crippen MR) is 361 cm³/mol. The van der Waals surface area contributed by atoms with Gasteiger partial charge in [-0.15, -0.1) is 0 Å². The predicted octanol–water partition coefficient (Wildman–Crippen LogP) is 9.74. The molecular weight excluding hydrogens is 1270 g/mol. The summed E-state index contributed by atoms with van der Waals surface area (Å²) in [5.41, 5.74) is 0. The molecule has 1 saturated carbocycles. The molecule has 3 rings (SSSR count). The van der Waals surface area contributed by atoms with Gasteiger partial charge in [0.15, 0.2) is 18.7 Å². The zero-order chi connectivity index (χ0) is 70.4. The maximum Gasteiger partial charge on any atom is 0.472 e. The van der Waals surface area contributed by atoms with Crippen LogP contribution in [0.5, 0.6) is 0 Å². The highest BCUT2D eigenvalue weighted by Crippen LogP contribution is 2.49. The molecule has 0 amide bonds. The van der Waals surface area contributed by atoms with E-state index in [9.17, 15) is 74.9 Å². The van der Waals surface area contributed by atoms with Crippen LogP contribution in [0.2, 0.25) is 0 Å². The largest absolute Gasteiger partial charge is 0.472 e. The number of carbonyl (C=O) groups is 3. The summed E-state index contributed by atoms with van der Waals surface area (Å²) in [4.78, 5) is 50.9. The van der Waals surface area contributed by atoms with E-state index in [0.29, 0.717) is 25.7 Å². The first kappa shape index (κ1) is 87.7. The number of aliphatic hydroxyl groups excluding tert-OH is 10. The molecule has 0 bridgehead atoms. The lowest BCUT2D eigenvalue weighted by Crippen LogP contribution is -2.69. The third-order valence-corrected chi connectivity index (χ3v) is 19.2. The lowest BCUT2D eigenvalue weighted by atomic mass is 9.84. The normalized spacial score (nSPS) is 28.1. The van der Waals surface area contributed by atoms with Gasteiger partial charge < -0.3 is 89.1 Å². The Bertz CT molecular complexity index is 2090. The van der Waals surface area contributed by atoms with Gasteiger partial charge in [0.1, 0.15) is 98.7 Å². The summed E-state index contributed by atoms with van der Waals surface area (Å²) in [6.45, 7) is 3.40. The molecule has 0 radical (unpaired) electrons. The van der Waals surface area contributed by atoms with E-state index in [1.807, 2.05) is 0 Å². The van der Waals surface area contributed by atoms with Crippen molar-refractivity contribution < 1.29 is 117 Å². The summed E-state index contributed by atoms with van der Waals surface area (Å²) in [7, 11) is -5.70. The molecule has 2 saturated heterocycles. The first-order valence-corrected chi connectivity index (χ1v) is 38.6. The minimum Gasteiger partial charge on any atom is -0.463 e. The van der Waals surface area contributed by atoms with Gasteiger partial charge in [0.05, 0.1) is 13.2 Å². The molecule has 18 atom stereocenters. The Kier molecular flexibility index (Phi) is 48.7. The van der Waals surface area contributed by atoms with Crippen molar-refractivity contribution >= 4 is 25.7 Å². The Labute approximate surface area is 573 Å². The number of carbonyl (C=O) groups excluding carboxylic acids is 3. The Morgan fingerprint density at radius 1 is 0.396 bits per heavy atom. The zero-order valence-electron chi connectivity index (χ0n) is 58.4. The molecule has 18 unspecified atom stereocenters. The smallest absolute Gasteiger partial charge is 0.463 e. The molecule has 0 aromatic carbocycles. The van der Waals surface area contributed by atoms with E-state index < -0.39 is 156 Å². The number of aliphatic hydroxyl groups is 10. The molecule has 25 heteroatoms. The number of phosphoric ester groups is 1. The highest BCUT2D eigenvalue weighted by molar-refractivity contribution is 7.47. The van der Waals surface area contributed by atoms with E-state index in [0.717, 1.165) is 89.9 Å². The summed E-state index contributed by atoms with van der Waals surface area (Å²) in [5, 5.41) is 110. The number of hydrogen-bond acceptors (Lipinski definition) is 23. The van der Waals surface area contributed by atoms with Crippen LogP contribution in [0.1, 0.15) is 278 Å². The molecule has 3 aliphatic rings. The number of allylic oxidation sites excluding steroid dienone is 4. The average molecular weight is 1400 g/mol. The van der Waals surface area contributed by atoms with Crippen molar-refractivity contribution in [1.82, 2.24) is 0 Å². The van der Waals surface area contributed by atoms with Crippen molar-refractivity contribution in [3.05, 3.63) is 24.3 Å². The van der Waals surface area contributed by atoms with E-state index in [1.54, 1.807) is 0 Å². The summed E-state index contributed by atoms with van der Waals surface area (Å²) in [6, 6.07) is 0. The standard InChI is InChI=1S/C71H129O24P/c1-4-7-10-13-16-19-22-25-28-30-33-36-39-42-45-55(73)87-49-52(90-57(75)47-44-41-38-35-32-27-24-21-18-15-12-9-6-3)50-89-96(85,86)95-69-67(93-70-65(83)60(78)58(76)53(48-72)91-70)63(81)62(80)64(82)68(69)94-71-66(84)61(79)59(77)54(92-71)51-88-56(74)46-43-40-37-34-31-29-26-23-20-17-14-11-8-5-2/h27,29,31-32,52-54,58-72,76-84H,4-26,28,30,33-51H2,1-3H3,(H,85,86)/b31-29-,32-27-. The van der Waals surface area contributed by atoms with E-state index in [1.165, 1.54) is 122 Å². The van der Waals surface area contributed by atoms with Gasteiger partial charge in [-0.05, 0) is 70.6 Å². The maximum absolute atomic E-state index is 14.3. The Hall–Kier alpha value is -2.56. The van der Waals surface area contributed by atoms with E-state index >= 15 is 0 Å². The molecule has 2 heterocycles. The number of unbranched alkanes of at least 4 members (excludes halogenated alkanes) is 32. The maximum atomic E-state index is 14.3. The SMILES string of the molecule is CCCCCCCC/C=C\CCCCCC(=O)OC(COC(=O)CCCCCCCCCCCCCCCC)COP(=O)(O)OC1C(OC2OC(CO)C(O)C(O)C2O)C(O)C(O)C(O)C1OC1OC(COC(=O)CCCCC/C=C\CCCCCCCCC)C(O)C(O)C1O. The molecule has 562 valence electrons. The fourth-order valence-corrected chi connectivity index (χ4v) is 13.1. The Balaban J connectivity index is 1.75. The molecule has 96 heavy (non-hydrogen) atoms. The molecule has 24 nitrogen and oxygen atoms in total. The highest BCUT2D eigenvalue weighted by Gasteiger charge is 2.58. The Morgan fingerprint density at radius 2 is 0.729 bits per heavy atom. The van der Waals surface area contributed by atoms with Crippen molar-refractivity contribution in [2.75, 3.05) is 26.4 Å². The zero-order valence-corrected chi connectivity index (χ0v) is 59.3. The monoisotopic (exact) mass is 1400 g/mol. The molecule has 0 aromatic heterocycles.